The molecular weight excluding hydrogens is 310 g/mol. The molecule has 2 heterocycles. The molecular formula is C17H29N3O2S. The molecule has 1 fully saturated rings. The smallest absolute Gasteiger partial charge is 0.410 e. The highest BCUT2D eigenvalue weighted by molar-refractivity contribution is 7.09. The van der Waals surface area contributed by atoms with Crippen LogP contribution in [-0.2, 0) is 10.3 Å². The lowest BCUT2D eigenvalue weighted by molar-refractivity contribution is 0.0182. The fraction of sp³-hybridized carbons (Fsp3) is 0.765. The van der Waals surface area contributed by atoms with Crippen LogP contribution in [0.3, 0.4) is 0 Å². The van der Waals surface area contributed by atoms with Gasteiger partial charge in [0, 0.05) is 24.7 Å². The highest BCUT2D eigenvalue weighted by Gasteiger charge is 2.29. The van der Waals surface area contributed by atoms with Gasteiger partial charge in [0.2, 0.25) is 0 Å². The fourth-order valence-corrected chi connectivity index (χ4v) is 3.39. The molecule has 0 spiro atoms. The van der Waals surface area contributed by atoms with Crippen molar-refractivity contribution in [2.45, 2.75) is 58.6 Å². The number of hydrogen-bond acceptors (Lipinski definition) is 5. The maximum Gasteiger partial charge on any atom is 0.410 e. The molecule has 23 heavy (non-hydrogen) atoms. The van der Waals surface area contributed by atoms with Gasteiger partial charge in [-0.05, 0) is 59.9 Å². The molecule has 0 aromatic carbocycles. The summed E-state index contributed by atoms with van der Waals surface area (Å²) in [6.07, 6.45) is 3.69. The third-order valence-electron chi connectivity index (χ3n) is 4.07. The molecule has 1 saturated heterocycles. The van der Waals surface area contributed by atoms with Crippen molar-refractivity contribution >= 4 is 17.4 Å². The number of likely N-dealkylation sites (tertiary alicyclic amines) is 1. The van der Waals surface area contributed by atoms with Crippen molar-refractivity contribution in [3.8, 4) is 0 Å². The minimum Gasteiger partial charge on any atom is -0.444 e. The lowest BCUT2D eigenvalue weighted by atomic mass is 9.95. The van der Waals surface area contributed by atoms with Gasteiger partial charge in [0.25, 0.3) is 0 Å². The Kier molecular flexibility index (Phi) is 5.68. The third-order valence-corrected chi connectivity index (χ3v) is 5.16. The summed E-state index contributed by atoms with van der Waals surface area (Å²) in [5, 5.41) is 6.75. The predicted octanol–water partition coefficient (Wildman–Crippen LogP) is 3.61. The van der Waals surface area contributed by atoms with E-state index in [1.54, 1.807) is 11.3 Å². The van der Waals surface area contributed by atoms with Gasteiger partial charge in [0.1, 0.15) is 10.6 Å². The molecule has 1 aromatic rings. The summed E-state index contributed by atoms with van der Waals surface area (Å²) in [6, 6.07) is 0. The highest BCUT2D eigenvalue weighted by atomic mass is 32.1. The van der Waals surface area contributed by atoms with Crippen LogP contribution in [0.25, 0.3) is 0 Å². The summed E-state index contributed by atoms with van der Waals surface area (Å²) in [7, 11) is 0. The third kappa shape index (κ3) is 5.46. The van der Waals surface area contributed by atoms with E-state index in [1.807, 2.05) is 37.2 Å². The average molecular weight is 340 g/mol. The highest BCUT2D eigenvalue weighted by Crippen LogP contribution is 2.24. The first kappa shape index (κ1) is 18.2. The standard InChI is InChI=1S/C17H29N3O2S/c1-16(2,3)22-15(21)20-9-6-13(7-10-20)12-19-17(4,5)14-18-8-11-23-14/h8,11,13,19H,6-7,9-10,12H2,1-5H3. The first-order chi connectivity index (χ1) is 10.7. The Morgan fingerprint density at radius 1 is 1.35 bits per heavy atom. The number of aromatic nitrogens is 1. The van der Waals surface area contributed by atoms with Crippen LogP contribution >= 0.6 is 11.3 Å². The Balaban J connectivity index is 1.76. The van der Waals surface area contributed by atoms with Crippen LogP contribution in [0.4, 0.5) is 4.79 Å². The van der Waals surface area contributed by atoms with E-state index < -0.39 is 5.60 Å². The molecule has 0 atom stereocenters. The van der Waals surface area contributed by atoms with E-state index in [0.29, 0.717) is 5.92 Å². The van der Waals surface area contributed by atoms with Crippen molar-refractivity contribution in [2.75, 3.05) is 19.6 Å². The number of carbonyl (C=O) groups is 1. The normalized spacial score (nSPS) is 17.3. The van der Waals surface area contributed by atoms with Gasteiger partial charge in [-0.3, -0.25) is 0 Å². The summed E-state index contributed by atoms with van der Waals surface area (Å²) in [6.45, 7) is 12.6. The second-order valence-electron chi connectivity index (χ2n) is 7.75. The van der Waals surface area contributed by atoms with Crippen LogP contribution in [0.1, 0.15) is 52.5 Å². The van der Waals surface area contributed by atoms with Crippen molar-refractivity contribution in [2.24, 2.45) is 5.92 Å². The van der Waals surface area contributed by atoms with E-state index in [0.717, 1.165) is 37.5 Å². The summed E-state index contributed by atoms with van der Waals surface area (Å²) in [4.78, 5) is 18.3. The molecule has 0 unspecified atom stereocenters. The number of piperidine rings is 1. The molecule has 1 amide bonds. The number of amides is 1. The summed E-state index contributed by atoms with van der Waals surface area (Å²) in [5.41, 5.74) is -0.524. The van der Waals surface area contributed by atoms with Gasteiger partial charge in [-0.2, -0.15) is 0 Å². The van der Waals surface area contributed by atoms with Crippen molar-refractivity contribution < 1.29 is 9.53 Å². The van der Waals surface area contributed by atoms with Gasteiger partial charge >= 0.3 is 6.09 Å². The molecule has 0 radical (unpaired) electrons. The zero-order valence-electron chi connectivity index (χ0n) is 14.9. The number of rotatable bonds is 4. The van der Waals surface area contributed by atoms with Crippen LogP contribution < -0.4 is 5.32 Å². The maximum absolute atomic E-state index is 12.1. The summed E-state index contributed by atoms with van der Waals surface area (Å²) < 4.78 is 5.44. The summed E-state index contributed by atoms with van der Waals surface area (Å²) in [5.74, 6) is 0.591. The zero-order valence-corrected chi connectivity index (χ0v) is 15.7. The largest absolute Gasteiger partial charge is 0.444 e. The van der Waals surface area contributed by atoms with Gasteiger partial charge in [0.05, 0.1) is 5.54 Å². The van der Waals surface area contributed by atoms with E-state index in [-0.39, 0.29) is 11.6 Å². The lowest BCUT2D eigenvalue weighted by Crippen LogP contribution is -2.45. The molecule has 130 valence electrons. The van der Waals surface area contributed by atoms with Crippen LogP contribution in [-0.4, -0.2) is 41.2 Å². The minimum atomic E-state index is -0.423. The monoisotopic (exact) mass is 339 g/mol. The van der Waals surface area contributed by atoms with Crippen molar-refractivity contribution in [1.82, 2.24) is 15.2 Å². The van der Waals surface area contributed by atoms with E-state index in [2.05, 4.69) is 24.1 Å². The summed E-state index contributed by atoms with van der Waals surface area (Å²) >= 11 is 1.68. The van der Waals surface area contributed by atoms with Crippen molar-refractivity contribution in [3.05, 3.63) is 16.6 Å². The van der Waals surface area contributed by atoms with Crippen LogP contribution in [0.2, 0.25) is 0 Å². The quantitative estimate of drug-likeness (QED) is 0.910. The Labute approximate surface area is 143 Å². The fourth-order valence-electron chi connectivity index (χ4n) is 2.65. The molecule has 1 aliphatic heterocycles. The Morgan fingerprint density at radius 2 is 2.00 bits per heavy atom. The number of ether oxygens (including phenoxy) is 1. The Hall–Kier alpha value is -1.14. The minimum absolute atomic E-state index is 0.101. The van der Waals surface area contributed by atoms with E-state index >= 15 is 0 Å². The second-order valence-corrected chi connectivity index (χ2v) is 8.65. The molecule has 0 bridgehead atoms. The maximum atomic E-state index is 12.1. The molecule has 0 saturated carbocycles. The molecule has 1 aromatic heterocycles. The van der Waals surface area contributed by atoms with E-state index in [4.69, 9.17) is 4.74 Å². The predicted molar refractivity (Wildman–Crippen MR) is 93.7 cm³/mol. The number of carbonyl (C=O) groups excluding carboxylic acids is 1. The van der Waals surface area contributed by atoms with Gasteiger partial charge in [-0.15, -0.1) is 11.3 Å². The second kappa shape index (κ2) is 7.18. The molecule has 6 heteroatoms. The number of nitrogens with one attached hydrogen (secondary N) is 1. The number of nitrogens with zero attached hydrogens (tertiary/aromatic N) is 2. The van der Waals surface area contributed by atoms with Crippen LogP contribution in [0, 0.1) is 5.92 Å². The van der Waals surface area contributed by atoms with Gasteiger partial charge < -0.3 is 15.0 Å². The molecule has 1 N–H and O–H groups in total. The number of thiazole rings is 1. The van der Waals surface area contributed by atoms with Crippen molar-refractivity contribution in [3.63, 3.8) is 0 Å². The average Bonchev–Trinajstić information content (AvgIpc) is 2.99. The lowest BCUT2D eigenvalue weighted by Gasteiger charge is -2.35. The Morgan fingerprint density at radius 3 is 2.52 bits per heavy atom. The van der Waals surface area contributed by atoms with E-state index in [9.17, 15) is 4.79 Å². The van der Waals surface area contributed by atoms with Gasteiger partial charge in [-0.25, -0.2) is 9.78 Å². The molecule has 5 nitrogen and oxygen atoms in total. The van der Waals surface area contributed by atoms with Crippen LogP contribution in [0.5, 0.6) is 0 Å². The van der Waals surface area contributed by atoms with Crippen LogP contribution in [0.15, 0.2) is 11.6 Å². The van der Waals surface area contributed by atoms with Gasteiger partial charge in [0.15, 0.2) is 0 Å². The SMILES string of the molecule is CC(C)(C)OC(=O)N1CCC(CNC(C)(C)c2nccs2)CC1. The van der Waals surface area contributed by atoms with Crippen molar-refractivity contribution in [1.29, 1.82) is 0 Å². The van der Waals surface area contributed by atoms with E-state index in [1.165, 1.54) is 0 Å². The Bertz CT molecular complexity index is 500. The topological polar surface area (TPSA) is 54.5 Å². The first-order valence-corrected chi connectivity index (χ1v) is 9.18. The molecule has 0 aliphatic carbocycles. The number of hydrogen-bond donors (Lipinski definition) is 1. The van der Waals surface area contributed by atoms with Gasteiger partial charge in [-0.1, -0.05) is 0 Å². The first-order valence-electron chi connectivity index (χ1n) is 8.30. The molecule has 1 aliphatic rings. The molecule has 2 rings (SSSR count). The zero-order chi connectivity index (χ0) is 17.1.